The summed E-state index contributed by atoms with van der Waals surface area (Å²) in [6, 6.07) is 7.28. The number of carboxylic acids is 1. The molecule has 0 heterocycles. The van der Waals surface area contributed by atoms with Crippen LogP contribution in [0.1, 0.15) is 25.8 Å². The van der Waals surface area contributed by atoms with Crippen molar-refractivity contribution in [2.24, 2.45) is 11.7 Å². The topological polar surface area (TPSA) is 151 Å². The Labute approximate surface area is 164 Å². The van der Waals surface area contributed by atoms with Crippen molar-refractivity contribution in [1.82, 2.24) is 16.0 Å². The summed E-state index contributed by atoms with van der Waals surface area (Å²) < 4.78 is 0. The van der Waals surface area contributed by atoms with E-state index in [9.17, 15) is 19.2 Å². The van der Waals surface area contributed by atoms with Crippen molar-refractivity contribution in [2.75, 3.05) is 13.1 Å². The molecule has 0 bridgehead atoms. The molecule has 0 saturated heterocycles. The second-order valence-electron chi connectivity index (χ2n) is 6.88. The van der Waals surface area contributed by atoms with E-state index in [-0.39, 0.29) is 18.9 Å². The molecule has 0 aliphatic rings. The lowest BCUT2D eigenvalue weighted by Gasteiger charge is -2.19. The Morgan fingerprint density at radius 2 is 1.61 bits per heavy atom. The van der Waals surface area contributed by atoms with Crippen LogP contribution in [0.5, 0.6) is 0 Å². The highest BCUT2D eigenvalue weighted by Crippen LogP contribution is 2.04. The third-order valence-electron chi connectivity index (χ3n) is 3.83. The molecular formula is C19H28N4O5. The SMILES string of the molecule is CC(C)CC(N)C(=O)NCC(=O)NC(Cc1ccccc1)C(=O)NCC(=O)O. The van der Waals surface area contributed by atoms with Gasteiger partial charge in [0.05, 0.1) is 12.6 Å². The van der Waals surface area contributed by atoms with Gasteiger partial charge in [-0.2, -0.15) is 0 Å². The number of benzene rings is 1. The van der Waals surface area contributed by atoms with Gasteiger partial charge in [-0.05, 0) is 17.9 Å². The Kier molecular flexibility index (Phi) is 9.66. The van der Waals surface area contributed by atoms with Gasteiger partial charge in [0.15, 0.2) is 0 Å². The highest BCUT2D eigenvalue weighted by atomic mass is 16.4. The largest absolute Gasteiger partial charge is 0.480 e. The first-order valence-electron chi connectivity index (χ1n) is 9.05. The van der Waals surface area contributed by atoms with E-state index in [2.05, 4.69) is 16.0 Å². The predicted octanol–water partition coefficient (Wildman–Crippen LogP) is -0.596. The minimum Gasteiger partial charge on any atom is -0.480 e. The van der Waals surface area contributed by atoms with Gasteiger partial charge in [-0.1, -0.05) is 44.2 Å². The molecule has 0 spiro atoms. The lowest BCUT2D eigenvalue weighted by molar-refractivity contribution is -0.138. The van der Waals surface area contributed by atoms with E-state index >= 15 is 0 Å². The number of nitrogens with one attached hydrogen (secondary N) is 3. The van der Waals surface area contributed by atoms with Gasteiger partial charge >= 0.3 is 5.97 Å². The van der Waals surface area contributed by atoms with Crippen molar-refractivity contribution < 1.29 is 24.3 Å². The molecule has 6 N–H and O–H groups in total. The molecule has 9 heteroatoms. The molecule has 0 aliphatic carbocycles. The quantitative estimate of drug-likeness (QED) is 0.339. The molecule has 0 fully saturated rings. The molecule has 2 unspecified atom stereocenters. The van der Waals surface area contributed by atoms with Crippen molar-refractivity contribution in [3.63, 3.8) is 0 Å². The normalized spacial score (nSPS) is 12.7. The van der Waals surface area contributed by atoms with Gasteiger partial charge < -0.3 is 26.8 Å². The zero-order chi connectivity index (χ0) is 21.1. The molecule has 0 saturated carbocycles. The first-order chi connectivity index (χ1) is 13.2. The van der Waals surface area contributed by atoms with E-state index in [0.29, 0.717) is 6.42 Å². The summed E-state index contributed by atoms with van der Waals surface area (Å²) in [5.41, 5.74) is 6.55. The summed E-state index contributed by atoms with van der Waals surface area (Å²) in [5, 5.41) is 15.9. The number of carbonyl (C=O) groups excluding carboxylic acids is 3. The van der Waals surface area contributed by atoms with E-state index in [1.54, 1.807) is 24.3 Å². The number of aliphatic carboxylic acids is 1. The van der Waals surface area contributed by atoms with Crippen LogP contribution in [0.3, 0.4) is 0 Å². The van der Waals surface area contributed by atoms with Crippen LogP contribution in [0.2, 0.25) is 0 Å². The maximum absolute atomic E-state index is 12.3. The molecule has 1 aromatic carbocycles. The third kappa shape index (κ3) is 9.13. The summed E-state index contributed by atoms with van der Waals surface area (Å²) in [5.74, 6) is -2.59. The van der Waals surface area contributed by atoms with Gasteiger partial charge in [0.2, 0.25) is 17.7 Å². The Balaban J connectivity index is 2.65. The number of hydrogen-bond acceptors (Lipinski definition) is 5. The Hall–Kier alpha value is -2.94. The van der Waals surface area contributed by atoms with Gasteiger partial charge in [-0.3, -0.25) is 19.2 Å². The summed E-state index contributed by atoms with van der Waals surface area (Å²) in [7, 11) is 0. The summed E-state index contributed by atoms with van der Waals surface area (Å²) >= 11 is 0. The number of carboxylic acid groups (broad SMARTS) is 1. The molecule has 154 valence electrons. The molecule has 9 nitrogen and oxygen atoms in total. The summed E-state index contributed by atoms with van der Waals surface area (Å²) in [4.78, 5) is 47.0. The van der Waals surface area contributed by atoms with E-state index < -0.39 is 42.3 Å². The summed E-state index contributed by atoms with van der Waals surface area (Å²) in [6.45, 7) is 2.98. The fraction of sp³-hybridized carbons (Fsp3) is 0.474. The zero-order valence-electron chi connectivity index (χ0n) is 16.1. The fourth-order valence-corrected chi connectivity index (χ4v) is 2.50. The third-order valence-corrected chi connectivity index (χ3v) is 3.83. The molecule has 0 aliphatic heterocycles. The summed E-state index contributed by atoms with van der Waals surface area (Å²) in [6.07, 6.45) is 0.667. The lowest BCUT2D eigenvalue weighted by atomic mass is 10.0. The van der Waals surface area contributed by atoms with Crippen LogP contribution >= 0.6 is 0 Å². The first kappa shape index (κ1) is 23.1. The monoisotopic (exact) mass is 392 g/mol. The minimum atomic E-state index is -1.19. The second-order valence-corrected chi connectivity index (χ2v) is 6.88. The molecule has 1 rings (SSSR count). The molecule has 1 aromatic rings. The molecular weight excluding hydrogens is 364 g/mol. The van der Waals surface area contributed by atoms with Crippen molar-refractivity contribution in [3.8, 4) is 0 Å². The van der Waals surface area contributed by atoms with Gasteiger partial charge in [0, 0.05) is 6.42 Å². The van der Waals surface area contributed by atoms with Crippen molar-refractivity contribution in [3.05, 3.63) is 35.9 Å². The number of carbonyl (C=O) groups is 4. The van der Waals surface area contributed by atoms with Crippen LogP contribution in [-0.2, 0) is 25.6 Å². The smallest absolute Gasteiger partial charge is 0.322 e. The van der Waals surface area contributed by atoms with E-state index in [1.807, 2.05) is 19.9 Å². The Morgan fingerprint density at radius 1 is 1.00 bits per heavy atom. The van der Waals surface area contributed by atoms with E-state index in [1.165, 1.54) is 0 Å². The van der Waals surface area contributed by atoms with Gasteiger partial charge in [0.25, 0.3) is 0 Å². The number of nitrogens with two attached hydrogens (primary N) is 1. The highest BCUT2D eigenvalue weighted by Gasteiger charge is 2.22. The fourth-order valence-electron chi connectivity index (χ4n) is 2.50. The van der Waals surface area contributed by atoms with Crippen molar-refractivity contribution in [2.45, 2.75) is 38.8 Å². The predicted molar refractivity (Wildman–Crippen MR) is 103 cm³/mol. The average Bonchev–Trinajstić information content (AvgIpc) is 2.63. The number of hydrogen-bond donors (Lipinski definition) is 5. The number of amides is 3. The maximum Gasteiger partial charge on any atom is 0.322 e. The van der Waals surface area contributed by atoms with E-state index in [4.69, 9.17) is 10.8 Å². The molecule has 28 heavy (non-hydrogen) atoms. The maximum atomic E-state index is 12.3. The van der Waals surface area contributed by atoms with Crippen LogP contribution in [0.4, 0.5) is 0 Å². The van der Waals surface area contributed by atoms with Gasteiger partial charge in [-0.25, -0.2) is 0 Å². The van der Waals surface area contributed by atoms with Crippen molar-refractivity contribution in [1.29, 1.82) is 0 Å². The van der Waals surface area contributed by atoms with Crippen LogP contribution in [0.25, 0.3) is 0 Å². The van der Waals surface area contributed by atoms with Crippen LogP contribution < -0.4 is 21.7 Å². The lowest BCUT2D eigenvalue weighted by Crippen LogP contribution is -2.52. The van der Waals surface area contributed by atoms with Crippen LogP contribution in [0, 0.1) is 5.92 Å². The molecule has 2 atom stereocenters. The molecule has 0 aromatic heterocycles. The average molecular weight is 392 g/mol. The highest BCUT2D eigenvalue weighted by molar-refractivity contribution is 5.92. The first-order valence-corrected chi connectivity index (χ1v) is 9.05. The van der Waals surface area contributed by atoms with Gasteiger partial charge in [-0.15, -0.1) is 0 Å². The zero-order valence-corrected chi connectivity index (χ0v) is 16.1. The standard InChI is InChI=1S/C19H28N4O5/c1-12(2)8-14(20)18(27)21-10-16(24)23-15(19(28)22-11-17(25)26)9-13-6-4-3-5-7-13/h3-7,12,14-15H,8-11,20H2,1-2H3,(H,21,27)(H,22,28)(H,23,24)(H,25,26). The second kappa shape index (κ2) is 11.7. The minimum absolute atomic E-state index is 0.179. The van der Waals surface area contributed by atoms with Gasteiger partial charge in [0.1, 0.15) is 12.6 Å². The van der Waals surface area contributed by atoms with E-state index in [0.717, 1.165) is 5.56 Å². The van der Waals surface area contributed by atoms with Crippen LogP contribution in [-0.4, -0.2) is 54.0 Å². The Bertz CT molecular complexity index is 678. The number of rotatable bonds is 11. The van der Waals surface area contributed by atoms with Crippen LogP contribution in [0.15, 0.2) is 30.3 Å². The molecule has 3 amide bonds. The molecule has 0 radical (unpaired) electrons. The Morgan fingerprint density at radius 3 is 2.18 bits per heavy atom. The van der Waals surface area contributed by atoms with Crippen molar-refractivity contribution >= 4 is 23.7 Å².